The van der Waals surface area contributed by atoms with Crippen molar-refractivity contribution in [1.29, 1.82) is 0 Å². The fraction of sp³-hybridized carbons (Fsp3) is 0.364. The van der Waals surface area contributed by atoms with E-state index in [1.807, 2.05) is 4.90 Å². The molecule has 3 aromatic rings. The molecule has 1 amide bonds. The Morgan fingerprint density at radius 2 is 1.83 bits per heavy atom. The van der Waals surface area contributed by atoms with Gasteiger partial charge in [-0.1, -0.05) is 6.07 Å². The minimum atomic E-state index is -4.54. The smallest absolute Gasteiger partial charge is 0.378 e. The second-order valence-corrected chi connectivity index (χ2v) is 8.01. The molecule has 35 heavy (non-hydrogen) atoms. The summed E-state index contributed by atoms with van der Waals surface area (Å²) in [4.78, 5) is 44.3. The van der Waals surface area contributed by atoms with Gasteiger partial charge in [-0.15, -0.1) is 0 Å². The topological polar surface area (TPSA) is 110 Å². The van der Waals surface area contributed by atoms with Crippen molar-refractivity contribution in [3.63, 3.8) is 0 Å². The molecule has 1 aromatic carbocycles. The van der Waals surface area contributed by atoms with Gasteiger partial charge in [0.15, 0.2) is 5.65 Å². The lowest BCUT2D eigenvalue weighted by Gasteiger charge is -2.28. The molecule has 2 N–H and O–H groups in total. The van der Waals surface area contributed by atoms with Gasteiger partial charge in [-0.2, -0.15) is 13.2 Å². The minimum Gasteiger partial charge on any atom is -0.378 e. The van der Waals surface area contributed by atoms with E-state index in [9.17, 15) is 27.6 Å². The van der Waals surface area contributed by atoms with Crippen molar-refractivity contribution >= 4 is 34.1 Å². The lowest BCUT2D eigenvalue weighted by Crippen LogP contribution is -2.39. The second-order valence-electron chi connectivity index (χ2n) is 8.01. The molecule has 0 bridgehead atoms. The third kappa shape index (κ3) is 4.99. The van der Waals surface area contributed by atoms with E-state index < -0.39 is 28.9 Å². The normalized spacial score (nSPS) is 14.3. The number of aromatic nitrogens is 3. The monoisotopic (exact) mass is 492 g/mol. The van der Waals surface area contributed by atoms with Crippen molar-refractivity contribution in [3.05, 3.63) is 56.7 Å². The van der Waals surface area contributed by atoms with Gasteiger partial charge in [-0.05, 0) is 18.2 Å². The number of pyridine rings is 1. The Labute approximate surface area is 196 Å². The van der Waals surface area contributed by atoms with E-state index in [-0.39, 0.29) is 29.0 Å². The van der Waals surface area contributed by atoms with E-state index in [1.165, 1.54) is 30.8 Å². The van der Waals surface area contributed by atoms with Crippen LogP contribution in [0, 0.1) is 0 Å². The lowest BCUT2D eigenvalue weighted by atomic mass is 10.2. The van der Waals surface area contributed by atoms with Crippen molar-refractivity contribution in [1.82, 2.24) is 14.1 Å². The van der Waals surface area contributed by atoms with Gasteiger partial charge in [-0.25, -0.2) is 9.78 Å². The standard InChI is InChI=1S/C22H23F3N6O4/c1-29-19-18(20(33)30(2)21(29)34)15(11-16(28-19)31-6-8-35-9-7-31)26-12-17(32)27-14-5-3-4-13(10-14)22(23,24)25/h3-5,10-11H,6-9,12H2,1-2H3,(H,26,28)(H,27,32). The molecule has 4 rings (SSSR count). The summed E-state index contributed by atoms with van der Waals surface area (Å²) in [6, 6.07) is 5.89. The van der Waals surface area contributed by atoms with Crippen molar-refractivity contribution in [2.24, 2.45) is 14.1 Å². The Hall–Kier alpha value is -3.87. The van der Waals surface area contributed by atoms with Crippen LogP contribution in [0.2, 0.25) is 0 Å². The molecule has 186 valence electrons. The number of hydrogen-bond donors (Lipinski definition) is 2. The van der Waals surface area contributed by atoms with Crippen LogP contribution >= 0.6 is 0 Å². The van der Waals surface area contributed by atoms with Gasteiger partial charge in [0.2, 0.25) is 5.91 Å². The largest absolute Gasteiger partial charge is 0.416 e. The fourth-order valence-corrected chi connectivity index (χ4v) is 3.79. The predicted octanol–water partition coefficient (Wildman–Crippen LogP) is 1.54. The van der Waals surface area contributed by atoms with Crippen LogP contribution in [0.15, 0.2) is 39.9 Å². The zero-order valence-corrected chi connectivity index (χ0v) is 19.0. The number of rotatable bonds is 5. The third-order valence-electron chi connectivity index (χ3n) is 5.65. The molecule has 10 nitrogen and oxygen atoms in total. The Morgan fingerprint density at radius 3 is 2.51 bits per heavy atom. The molecule has 1 saturated heterocycles. The molecule has 0 radical (unpaired) electrons. The number of ether oxygens (including phenoxy) is 1. The number of carbonyl (C=O) groups is 1. The molecular weight excluding hydrogens is 469 g/mol. The molecule has 0 saturated carbocycles. The summed E-state index contributed by atoms with van der Waals surface area (Å²) in [5.41, 5.74) is -1.64. The summed E-state index contributed by atoms with van der Waals surface area (Å²) >= 11 is 0. The highest BCUT2D eigenvalue weighted by Gasteiger charge is 2.30. The maximum atomic E-state index is 12.9. The number of halogens is 3. The van der Waals surface area contributed by atoms with Gasteiger partial charge in [0.25, 0.3) is 5.56 Å². The summed E-state index contributed by atoms with van der Waals surface area (Å²) in [5.74, 6) is -0.131. The van der Waals surface area contributed by atoms with Crippen LogP contribution in [0.1, 0.15) is 5.56 Å². The van der Waals surface area contributed by atoms with Crippen molar-refractivity contribution in [2.45, 2.75) is 6.18 Å². The molecule has 0 spiro atoms. The Balaban J connectivity index is 1.65. The Morgan fingerprint density at radius 1 is 1.11 bits per heavy atom. The van der Waals surface area contributed by atoms with Crippen LogP contribution < -0.4 is 26.8 Å². The van der Waals surface area contributed by atoms with Crippen LogP contribution in [0.25, 0.3) is 11.0 Å². The number of fused-ring (bicyclic) bond motifs is 1. The number of benzene rings is 1. The summed E-state index contributed by atoms with van der Waals surface area (Å²) in [6.07, 6.45) is -4.54. The van der Waals surface area contributed by atoms with Gasteiger partial charge >= 0.3 is 11.9 Å². The van der Waals surface area contributed by atoms with E-state index in [2.05, 4.69) is 15.6 Å². The average molecular weight is 492 g/mol. The van der Waals surface area contributed by atoms with Gasteiger partial charge in [-0.3, -0.25) is 18.7 Å². The van der Waals surface area contributed by atoms with Crippen LogP contribution in [0.5, 0.6) is 0 Å². The summed E-state index contributed by atoms with van der Waals surface area (Å²) in [7, 11) is 2.83. The number of nitrogens with one attached hydrogen (secondary N) is 2. The molecule has 2 aromatic heterocycles. The number of nitrogens with zero attached hydrogens (tertiary/aromatic N) is 4. The number of carbonyl (C=O) groups excluding carboxylic acids is 1. The lowest BCUT2D eigenvalue weighted by molar-refractivity contribution is -0.137. The fourth-order valence-electron chi connectivity index (χ4n) is 3.79. The van der Waals surface area contributed by atoms with Crippen LogP contribution in [-0.2, 0) is 29.8 Å². The quantitative estimate of drug-likeness (QED) is 0.556. The van der Waals surface area contributed by atoms with Crippen molar-refractivity contribution in [3.8, 4) is 0 Å². The summed E-state index contributed by atoms with van der Waals surface area (Å²) in [6.45, 7) is 1.72. The SMILES string of the molecule is Cn1c(=O)c2c(NCC(=O)Nc3cccc(C(F)(F)F)c3)cc(N3CCOCC3)nc2n(C)c1=O. The van der Waals surface area contributed by atoms with Crippen molar-refractivity contribution in [2.75, 3.05) is 48.4 Å². The first-order chi connectivity index (χ1) is 16.6. The van der Waals surface area contributed by atoms with Crippen LogP contribution in [-0.4, -0.2) is 52.9 Å². The molecule has 3 heterocycles. The zero-order chi connectivity index (χ0) is 25.3. The number of aryl methyl sites for hydroxylation is 1. The van der Waals surface area contributed by atoms with Crippen LogP contribution in [0.4, 0.5) is 30.4 Å². The van der Waals surface area contributed by atoms with E-state index in [1.54, 1.807) is 6.07 Å². The summed E-state index contributed by atoms with van der Waals surface area (Å²) < 4.78 is 46.4. The molecule has 13 heteroatoms. The number of alkyl halides is 3. The second kappa shape index (κ2) is 9.41. The number of morpholine rings is 1. The highest BCUT2D eigenvalue weighted by atomic mass is 19.4. The van der Waals surface area contributed by atoms with E-state index in [0.717, 1.165) is 16.7 Å². The molecular formula is C22H23F3N6O4. The molecule has 0 unspecified atom stereocenters. The molecule has 1 fully saturated rings. The van der Waals surface area contributed by atoms with Gasteiger partial charge in [0.1, 0.15) is 11.2 Å². The van der Waals surface area contributed by atoms with E-state index in [4.69, 9.17) is 4.74 Å². The number of hydrogen-bond acceptors (Lipinski definition) is 7. The first-order valence-corrected chi connectivity index (χ1v) is 10.7. The average Bonchev–Trinajstić information content (AvgIpc) is 2.84. The van der Waals surface area contributed by atoms with E-state index >= 15 is 0 Å². The maximum absolute atomic E-state index is 12.9. The molecule has 0 atom stereocenters. The Bertz CT molecular complexity index is 1390. The first-order valence-electron chi connectivity index (χ1n) is 10.7. The number of amides is 1. The number of anilines is 3. The predicted molar refractivity (Wildman–Crippen MR) is 124 cm³/mol. The van der Waals surface area contributed by atoms with Crippen molar-refractivity contribution < 1.29 is 22.7 Å². The van der Waals surface area contributed by atoms with Gasteiger partial charge < -0.3 is 20.3 Å². The van der Waals surface area contributed by atoms with Gasteiger partial charge in [0, 0.05) is 38.9 Å². The molecule has 1 aliphatic rings. The molecule has 1 aliphatic heterocycles. The minimum absolute atomic E-state index is 0.0153. The third-order valence-corrected chi connectivity index (χ3v) is 5.65. The first kappa shape index (κ1) is 24.3. The maximum Gasteiger partial charge on any atom is 0.416 e. The van der Waals surface area contributed by atoms with E-state index in [0.29, 0.717) is 32.1 Å². The Kier molecular flexibility index (Phi) is 6.52. The molecule has 0 aliphatic carbocycles. The highest BCUT2D eigenvalue weighted by molar-refractivity contribution is 5.96. The highest BCUT2D eigenvalue weighted by Crippen LogP contribution is 2.30. The van der Waals surface area contributed by atoms with Gasteiger partial charge in [0.05, 0.1) is 31.0 Å². The zero-order valence-electron chi connectivity index (χ0n) is 19.0. The van der Waals surface area contributed by atoms with Crippen LogP contribution in [0.3, 0.4) is 0 Å². The summed E-state index contributed by atoms with van der Waals surface area (Å²) in [5, 5.41) is 5.41.